The number of aliphatic carboxylic acids is 1. The van der Waals surface area contributed by atoms with Gasteiger partial charge in [-0.3, -0.25) is 9.63 Å². The van der Waals surface area contributed by atoms with Gasteiger partial charge in [0.1, 0.15) is 5.60 Å². The second-order valence-electron chi connectivity index (χ2n) is 6.63. The van der Waals surface area contributed by atoms with Crippen LogP contribution in [0.4, 0.5) is 4.79 Å². The van der Waals surface area contributed by atoms with Crippen LogP contribution >= 0.6 is 0 Å². The predicted octanol–water partition coefficient (Wildman–Crippen LogP) is 0.815. The first-order chi connectivity index (χ1) is 11.6. The smallest absolute Gasteiger partial charge is 0.422 e. The summed E-state index contributed by atoms with van der Waals surface area (Å²) in [6, 6.07) is 7.97. The summed E-state index contributed by atoms with van der Waals surface area (Å²) in [6.07, 6.45) is 0.816. The van der Waals surface area contributed by atoms with Crippen LogP contribution in [0, 0.1) is 0 Å². The van der Waals surface area contributed by atoms with Crippen LogP contribution in [0.3, 0.4) is 0 Å². The van der Waals surface area contributed by atoms with Crippen molar-refractivity contribution in [1.82, 2.24) is 10.4 Å². The minimum Gasteiger partial charge on any atom is -0.548 e. The maximum absolute atomic E-state index is 12.1. The van der Waals surface area contributed by atoms with E-state index in [2.05, 4.69) is 5.43 Å². The summed E-state index contributed by atoms with van der Waals surface area (Å²) in [5.74, 6) is -1.17. The van der Waals surface area contributed by atoms with Crippen LogP contribution in [0.2, 0.25) is 0 Å². The van der Waals surface area contributed by atoms with Gasteiger partial charge in [0.2, 0.25) is 0 Å². The molecule has 0 aliphatic carbocycles. The molecule has 25 heavy (non-hydrogen) atoms. The van der Waals surface area contributed by atoms with E-state index < -0.39 is 34.5 Å². The van der Waals surface area contributed by atoms with Crippen molar-refractivity contribution >= 4 is 22.9 Å². The molecule has 1 amide bonds. The van der Waals surface area contributed by atoms with Crippen LogP contribution in [0.25, 0.3) is 0 Å². The predicted molar refractivity (Wildman–Crippen MR) is 93.7 cm³/mol. The fraction of sp³-hybridized carbons (Fsp3) is 0.529. The summed E-state index contributed by atoms with van der Waals surface area (Å²) in [5.41, 5.74) is 2.57. The molecule has 2 atom stereocenters. The van der Waals surface area contributed by atoms with E-state index >= 15 is 0 Å². The van der Waals surface area contributed by atoms with Gasteiger partial charge < -0.3 is 14.6 Å². The van der Waals surface area contributed by atoms with E-state index in [0.29, 0.717) is 0 Å². The second-order valence-corrected chi connectivity index (χ2v) is 8.18. The maximum Gasteiger partial charge on any atom is 0.422 e. The Morgan fingerprint density at radius 2 is 1.88 bits per heavy atom. The van der Waals surface area contributed by atoms with Crippen molar-refractivity contribution in [1.29, 1.82) is 0 Å². The number of carboxylic acid groups (broad SMARTS) is 1. The number of hydrazine groups is 1. The summed E-state index contributed by atoms with van der Waals surface area (Å²) < 4.78 is 16.5. The van der Waals surface area contributed by atoms with Gasteiger partial charge in [-0.15, -0.1) is 0 Å². The number of benzene rings is 1. The van der Waals surface area contributed by atoms with Gasteiger partial charge in [0, 0.05) is 29.4 Å². The average molecular weight is 369 g/mol. The largest absolute Gasteiger partial charge is 0.548 e. The Labute approximate surface area is 150 Å². The van der Waals surface area contributed by atoms with E-state index in [9.17, 15) is 18.9 Å². The Bertz CT molecular complexity index is 601. The van der Waals surface area contributed by atoms with Crippen LogP contribution in [-0.4, -0.2) is 44.9 Å². The van der Waals surface area contributed by atoms with Crippen molar-refractivity contribution in [2.24, 2.45) is 0 Å². The molecule has 1 N–H and O–H groups in total. The normalized spacial score (nSPS) is 14.0. The maximum atomic E-state index is 12.1. The number of rotatable bonds is 8. The molecule has 0 bridgehead atoms. The van der Waals surface area contributed by atoms with Gasteiger partial charge >= 0.3 is 6.09 Å². The highest BCUT2D eigenvalue weighted by Crippen LogP contribution is 2.12. The van der Waals surface area contributed by atoms with E-state index in [1.165, 1.54) is 11.3 Å². The molecule has 1 aromatic carbocycles. The summed E-state index contributed by atoms with van der Waals surface area (Å²) >= 11 is 0. The van der Waals surface area contributed by atoms with E-state index in [-0.39, 0.29) is 18.7 Å². The Morgan fingerprint density at radius 3 is 2.36 bits per heavy atom. The fourth-order valence-corrected chi connectivity index (χ4v) is 2.66. The van der Waals surface area contributed by atoms with Gasteiger partial charge in [-0.05, 0) is 32.8 Å². The SMILES string of the molecule is C[S@@](=O)CC[C@@H](C(=O)[O-])N(Cc1ccccc1)NC(=O)OC(C)(C)C. The summed E-state index contributed by atoms with van der Waals surface area (Å²) in [6.45, 7) is 5.29. The van der Waals surface area contributed by atoms with Crippen molar-refractivity contribution in [2.45, 2.75) is 45.4 Å². The number of ether oxygens (including phenoxy) is 1. The van der Waals surface area contributed by atoms with E-state index in [1.807, 2.05) is 30.3 Å². The molecule has 1 aromatic rings. The van der Waals surface area contributed by atoms with Crippen molar-refractivity contribution in [2.75, 3.05) is 12.0 Å². The molecule has 140 valence electrons. The topological polar surface area (TPSA) is 98.8 Å². The van der Waals surface area contributed by atoms with E-state index in [1.54, 1.807) is 20.8 Å². The molecular formula is C17H25N2O5S-. The molecule has 8 heteroatoms. The monoisotopic (exact) mass is 369 g/mol. The Balaban J connectivity index is 2.96. The van der Waals surface area contributed by atoms with Crippen LogP contribution in [0.15, 0.2) is 30.3 Å². The molecule has 0 spiro atoms. The molecule has 0 aliphatic rings. The zero-order chi connectivity index (χ0) is 19.0. The standard InChI is InChI=1S/C17H26N2O5S/c1-17(2,3)24-16(22)18-19(12-13-8-6-5-7-9-13)14(15(20)21)10-11-25(4)23/h5-9,14H,10-12H2,1-4H3,(H,18,22)(H,20,21)/p-1/t14-,25+/m0/s1. The number of amides is 1. The van der Waals surface area contributed by atoms with Gasteiger partial charge in [0.15, 0.2) is 0 Å². The molecule has 1 rings (SSSR count). The van der Waals surface area contributed by atoms with Crippen molar-refractivity contribution < 1.29 is 23.6 Å². The molecule has 0 aliphatic heterocycles. The highest BCUT2D eigenvalue weighted by Gasteiger charge is 2.25. The lowest BCUT2D eigenvalue weighted by Crippen LogP contribution is -2.56. The van der Waals surface area contributed by atoms with E-state index in [4.69, 9.17) is 4.74 Å². The number of carboxylic acids is 1. The lowest BCUT2D eigenvalue weighted by atomic mass is 10.1. The Kier molecular flexibility index (Phi) is 8.05. The van der Waals surface area contributed by atoms with Crippen molar-refractivity contribution in [3.8, 4) is 0 Å². The quantitative estimate of drug-likeness (QED) is 0.681. The van der Waals surface area contributed by atoms with Gasteiger partial charge in [-0.2, -0.15) is 0 Å². The number of hydrogen-bond donors (Lipinski definition) is 1. The Morgan fingerprint density at radius 1 is 1.28 bits per heavy atom. The molecule has 0 heterocycles. The third kappa shape index (κ3) is 8.64. The summed E-state index contributed by atoms with van der Waals surface area (Å²) in [7, 11) is -1.16. The Hall–Kier alpha value is -1.93. The first-order valence-electron chi connectivity index (χ1n) is 7.89. The number of nitrogens with one attached hydrogen (secondary N) is 1. The molecule has 7 nitrogen and oxygen atoms in total. The van der Waals surface area contributed by atoms with Gasteiger partial charge in [-0.25, -0.2) is 9.80 Å². The molecule has 0 radical (unpaired) electrons. The summed E-state index contributed by atoms with van der Waals surface area (Å²) in [5, 5.41) is 12.8. The van der Waals surface area contributed by atoms with Crippen LogP contribution in [0.5, 0.6) is 0 Å². The van der Waals surface area contributed by atoms with Crippen LogP contribution in [0.1, 0.15) is 32.8 Å². The van der Waals surface area contributed by atoms with E-state index in [0.717, 1.165) is 5.56 Å². The molecule has 0 saturated carbocycles. The van der Waals surface area contributed by atoms with Crippen molar-refractivity contribution in [3.05, 3.63) is 35.9 Å². The number of nitrogens with zero attached hydrogens (tertiary/aromatic N) is 1. The molecule has 0 saturated heterocycles. The lowest BCUT2D eigenvalue weighted by molar-refractivity contribution is -0.312. The molecule has 0 unspecified atom stereocenters. The average Bonchev–Trinajstić information content (AvgIpc) is 2.45. The number of hydrogen-bond acceptors (Lipinski definition) is 6. The highest BCUT2D eigenvalue weighted by molar-refractivity contribution is 7.84. The minimum absolute atomic E-state index is 0.0775. The second kappa shape index (κ2) is 9.53. The molecule has 0 fully saturated rings. The van der Waals surface area contributed by atoms with Gasteiger partial charge in [0.05, 0.1) is 12.0 Å². The summed E-state index contributed by atoms with van der Waals surface area (Å²) in [4.78, 5) is 23.6. The van der Waals surface area contributed by atoms with Crippen LogP contribution < -0.4 is 10.5 Å². The number of carbonyl (C=O) groups excluding carboxylic acids is 2. The zero-order valence-electron chi connectivity index (χ0n) is 15.0. The first kappa shape index (κ1) is 21.1. The first-order valence-corrected chi connectivity index (χ1v) is 9.62. The highest BCUT2D eigenvalue weighted by atomic mass is 32.2. The molecular weight excluding hydrogens is 344 g/mol. The van der Waals surface area contributed by atoms with Gasteiger partial charge in [0.25, 0.3) is 0 Å². The third-order valence-corrected chi connectivity index (χ3v) is 3.97. The van der Waals surface area contributed by atoms with Gasteiger partial charge in [-0.1, -0.05) is 30.3 Å². The van der Waals surface area contributed by atoms with Crippen LogP contribution in [-0.2, 0) is 26.9 Å². The van der Waals surface area contributed by atoms with Crippen molar-refractivity contribution in [3.63, 3.8) is 0 Å². The lowest BCUT2D eigenvalue weighted by Gasteiger charge is -2.33. The third-order valence-electron chi connectivity index (χ3n) is 3.16. The minimum atomic E-state index is -1.35. The number of carbonyl (C=O) groups is 2. The fourth-order valence-electron chi connectivity index (χ4n) is 2.10. The zero-order valence-corrected chi connectivity index (χ0v) is 15.8. The molecule has 0 aromatic heterocycles.